The van der Waals surface area contributed by atoms with Crippen molar-refractivity contribution in [3.63, 3.8) is 0 Å². The number of nitrogens with zero attached hydrogens (tertiary/aromatic N) is 2. The quantitative estimate of drug-likeness (QED) is 0.601. The van der Waals surface area contributed by atoms with Crippen LogP contribution in [0.1, 0.15) is 25.0 Å². The molecule has 2 aromatic rings. The number of amides is 1. The van der Waals surface area contributed by atoms with Crippen LogP contribution in [0.5, 0.6) is 11.5 Å². The topological polar surface area (TPSA) is 51.2 Å². The molecule has 1 saturated heterocycles. The Hall–Kier alpha value is -2.35. The summed E-state index contributed by atoms with van der Waals surface area (Å²) in [6, 6.07) is 10.2. The van der Waals surface area contributed by atoms with Crippen molar-refractivity contribution in [1.29, 1.82) is 0 Å². The number of rotatable bonds is 7. The van der Waals surface area contributed by atoms with E-state index in [-0.39, 0.29) is 11.7 Å². The maximum atomic E-state index is 13.5. The lowest BCUT2D eigenvalue weighted by molar-refractivity contribution is -0.151. The Morgan fingerprint density at radius 2 is 1.94 bits per heavy atom. The summed E-state index contributed by atoms with van der Waals surface area (Å²) >= 11 is 6.20. The highest BCUT2D eigenvalue weighted by Gasteiger charge is 2.31. The molecule has 2 heterocycles. The highest BCUT2D eigenvalue weighted by molar-refractivity contribution is 6.31. The van der Waals surface area contributed by atoms with Crippen molar-refractivity contribution in [3.05, 3.63) is 58.4 Å². The summed E-state index contributed by atoms with van der Waals surface area (Å²) in [6.45, 7) is 8.48. The fourth-order valence-electron chi connectivity index (χ4n) is 4.17. The molecule has 8 heteroatoms. The molecule has 2 aromatic carbocycles. The maximum absolute atomic E-state index is 13.5. The first-order valence-electron chi connectivity index (χ1n) is 11.3. The summed E-state index contributed by atoms with van der Waals surface area (Å²) < 4.78 is 30.6. The molecule has 0 spiro atoms. The van der Waals surface area contributed by atoms with Crippen LogP contribution in [0, 0.1) is 11.7 Å². The van der Waals surface area contributed by atoms with E-state index in [1.165, 1.54) is 12.1 Å². The zero-order chi connectivity index (χ0) is 23.4. The number of hydrogen-bond acceptors (Lipinski definition) is 5. The van der Waals surface area contributed by atoms with E-state index in [4.69, 9.17) is 25.8 Å². The molecule has 0 bridgehead atoms. The van der Waals surface area contributed by atoms with E-state index in [2.05, 4.69) is 18.7 Å². The van der Waals surface area contributed by atoms with Crippen molar-refractivity contribution in [2.75, 3.05) is 39.5 Å². The third-order valence-corrected chi connectivity index (χ3v) is 6.06. The second kappa shape index (κ2) is 10.7. The first-order chi connectivity index (χ1) is 15.9. The number of carbonyl (C=O) groups is 1. The largest absolute Gasteiger partial charge is 0.486 e. The van der Waals surface area contributed by atoms with Crippen molar-refractivity contribution in [2.45, 2.75) is 33.0 Å². The Labute approximate surface area is 199 Å². The zero-order valence-electron chi connectivity index (χ0n) is 19.1. The third kappa shape index (κ3) is 6.16. The second-order valence-corrected chi connectivity index (χ2v) is 9.33. The standard InChI is InChI=1S/C25H30ClFN2O4/c1-17(2)13-29(14-18-3-6-22-23(11-18)33-10-9-32-22)25(30)24-16-28(7-8-31-24)15-19-4-5-20(27)12-21(19)26/h3-6,11-12,17,24H,7-10,13-16H2,1-2H3. The molecule has 0 aliphatic carbocycles. The van der Waals surface area contributed by atoms with Gasteiger partial charge in [0.25, 0.3) is 5.91 Å². The Morgan fingerprint density at radius 3 is 2.70 bits per heavy atom. The SMILES string of the molecule is CC(C)CN(Cc1ccc2c(c1)OCCO2)C(=O)C1CN(Cc2ccc(F)cc2Cl)CCO1. The van der Waals surface area contributed by atoms with Gasteiger partial charge in [-0.15, -0.1) is 0 Å². The van der Waals surface area contributed by atoms with Crippen LogP contribution in [0.4, 0.5) is 4.39 Å². The average Bonchev–Trinajstić information content (AvgIpc) is 2.80. The number of morpholine rings is 1. The number of fused-ring (bicyclic) bond motifs is 1. The van der Waals surface area contributed by atoms with Crippen LogP contribution >= 0.6 is 11.6 Å². The van der Waals surface area contributed by atoms with E-state index in [1.54, 1.807) is 6.07 Å². The normalized spacial score (nSPS) is 18.4. The summed E-state index contributed by atoms with van der Waals surface area (Å²) in [5.41, 5.74) is 1.82. The lowest BCUT2D eigenvalue weighted by atomic mass is 10.1. The molecular formula is C25H30ClFN2O4. The minimum atomic E-state index is -0.561. The molecule has 2 aliphatic rings. The highest BCUT2D eigenvalue weighted by atomic mass is 35.5. The molecule has 1 atom stereocenters. The molecule has 1 unspecified atom stereocenters. The molecule has 6 nitrogen and oxygen atoms in total. The summed E-state index contributed by atoms with van der Waals surface area (Å²) in [5, 5.41) is 0.393. The van der Waals surface area contributed by atoms with Gasteiger partial charge in [0.2, 0.25) is 0 Å². The predicted octanol–water partition coefficient (Wildman–Crippen LogP) is 4.14. The van der Waals surface area contributed by atoms with Crippen LogP contribution in [-0.2, 0) is 22.6 Å². The van der Waals surface area contributed by atoms with Crippen molar-refractivity contribution >= 4 is 17.5 Å². The van der Waals surface area contributed by atoms with Crippen molar-refractivity contribution < 1.29 is 23.4 Å². The molecule has 4 rings (SSSR count). The van der Waals surface area contributed by atoms with Gasteiger partial charge >= 0.3 is 0 Å². The van der Waals surface area contributed by atoms with Crippen LogP contribution in [0.3, 0.4) is 0 Å². The Balaban J connectivity index is 1.44. The predicted molar refractivity (Wildman–Crippen MR) is 124 cm³/mol. The van der Waals surface area contributed by atoms with Gasteiger partial charge in [-0.2, -0.15) is 0 Å². The minimum Gasteiger partial charge on any atom is -0.486 e. The molecule has 0 N–H and O–H groups in total. The number of halogens is 2. The smallest absolute Gasteiger partial charge is 0.253 e. The molecule has 178 valence electrons. The van der Waals surface area contributed by atoms with Gasteiger partial charge in [0.05, 0.1) is 6.61 Å². The highest BCUT2D eigenvalue weighted by Crippen LogP contribution is 2.31. The zero-order valence-corrected chi connectivity index (χ0v) is 19.8. The van der Waals surface area contributed by atoms with E-state index in [0.717, 1.165) is 16.9 Å². The van der Waals surface area contributed by atoms with E-state index in [1.807, 2.05) is 23.1 Å². The fourth-order valence-corrected chi connectivity index (χ4v) is 4.40. The van der Waals surface area contributed by atoms with E-state index in [9.17, 15) is 9.18 Å². The second-order valence-electron chi connectivity index (χ2n) is 8.92. The minimum absolute atomic E-state index is 0.0338. The van der Waals surface area contributed by atoms with Crippen molar-refractivity contribution in [2.24, 2.45) is 5.92 Å². The number of hydrogen-bond donors (Lipinski definition) is 0. The summed E-state index contributed by atoms with van der Waals surface area (Å²) in [7, 11) is 0. The van der Waals surface area contributed by atoms with Gasteiger partial charge in [0, 0.05) is 37.7 Å². The average molecular weight is 477 g/mol. The molecule has 0 radical (unpaired) electrons. The Morgan fingerprint density at radius 1 is 1.15 bits per heavy atom. The molecule has 0 aromatic heterocycles. The first kappa shape index (κ1) is 23.8. The van der Waals surface area contributed by atoms with Gasteiger partial charge in [0.15, 0.2) is 11.5 Å². The monoisotopic (exact) mass is 476 g/mol. The first-order valence-corrected chi connectivity index (χ1v) is 11.7. The summed E-state index contributed by atoms with van der Waals surface area (Å²) in [6.07, 6.45) is -0.561. The van der Waals surface area contributed by atoms with E-state index in [0.29, 0.717) is 69.2 Å². The van der Waals surface area contributed by atoms with Gasteiger partial charge < -0.3 is 19.1 Å². The molecule has 1 fully saturated rings. The maximum Gasteiger partial charge on any atom is 0.253 e. The van der Waals surface area contributed by atoms with Gasteiger partial charge in [-0.3, -0.25) is 9.69 Å². The Bertz CT molecular complexity index is 987. The molecule has 2 aliphatic heterocycles. The molecule has 1 amide bonds. The number of carbonyl (C=O) groups excluding carboxylic acids is 1. The van der Waals surface area contributed by atoms with Crippen LogP contribution < -0.4 is 9.47 Å². The lowest BCUT2D eigenvalue weighted by Gasteiger charge is -2.35. The lowest BCUT2D eigenvalue weighted by Crippen LogP contribution is -2.51. The number of benzene rings is 2. The van der Waals surface area contributed by atoms with Crippen molar-refractivity contribution in [1.82, 2.24) is 9.80 Å². The van der Waals surface area contributed by atoms with Gasteiger partial charge in [-0.1, -0.05) is 37.6 Å². The van der Waals surface area contributed by atoms with E-state index < -0.39 is 6.10 Å². The summed E-state index contributed by atoms with van der Waals surface area (Å²) in [5.74, 6) is 1.36. The van der Waals surface area contributed by atoms with Crippen LogP contribution in [0.15, 0.2) is 36.4 Å². The van der Waals surface area contributed by atoms with Gasteiger partial charge in [0.1, 0.15) is 25.1 Å². The van der Waals surface area contributed by atoms with E-state index >= 15 is 0 Å². The molecule has 0 saturated carbocycles. The fraction of sp³-hybridized carbons (Fsp3) is 0.480. The Kier molecular flexibility index (Phi) is 7.73. The van der Waals surface area contributed by atoms with Crippen molar-refractivity contribution in [3.8, 4) is 11.5 Å². The van der Waals surface area contributed by atoms with Crippen LogP contribution in [-0.4, -0.2) is 61.3 Å². The van der Waals surface area contributed by atoms with Gasteiger partial charge in [-0.25, -0.2) is 4.39 Å². The summed E-state index contributed by atoms with van der Waals surface area (Å²) in [4.78, 5) is 17.5. The van der Waals surface area contributed by atoms with Crippen LogP contribution in [0.25, 0.3) is 0 Å². The molecular weight excluding hydrogens is 447 g/mol. The number of ether oxygens (including phenoxy) is 3. The third-order valence-electron chi connectivity index (χ3n) is 5.71. The van der Waals surface area contributed by atoms with Gasteiger partial charge in [-0.05, 0) is 41.3 Å². The molecule has 33 heavy (non-hydrogen) atoms. The van der Waals surface area contributed by atoms with Crippen LogP contribution in [0.2, 0.25) is 5.02 Å².